The van der Waals surface area contributed by atoms with Crippen molar-refractivity contribution >= 4 is 0 Å². The smallest absolute Gasteiger partial charge is 0.0249 e. The molecule has 3 atom stereocenters. The molecule has 106 valence electrons. The second kappa shape index (κ2) is 6.38. The van der Waals surface area contributed by atoms with Gasteiger partial charge in [-0.05, 0) is 43.4 Å². The summed E-state index contributed by atoms with van der Waals surface area (Å²) in [7, 11) is 0. The average molecular weight is 252 g/mol. The fraction of sp³-hybridized carbons (Fsp3) is 1.00. The number of piperazine rings is 1. The van der Waals surface area contributed by atoms with E-state index in [4.69, 9.17) is 0 Å². The number of hydrogen-bond acceptors (Lipinski definition) is 2. The summed E-state index contributed by atoms with van der Waals surface area (Å²) >= 11 is 0. The second-order valence-electron chi connectivity index (χ2n) is 7.11. The monoisotopic (exact) mass is 252 g/mol. The fourth-order valence-electron chi connectivity index (χ4n) is 3.61. The molecular weight excluding hydrogens is 220 g/mol. The van der Waals surface area contributed by atoms with Crippen LogP contribution in [0, 0.1) is 17.8 Å². The zero-order valence-corrected chi connectivity index (χ0v) is 12.8. The Morgan fingerprint density at radius 3 is 2.50 bits per heavy atom. The summed E-state index contributed by atoms with van der Waals surface area (Å²) in [5.74, 6) is 2.69. The van der Waals surface area contributed by atoms with Crippen molar-refractivity contribution in [1.82, 2.24) is 10.2 Å². The van der Waals surface area contributed by atoms with Gasteiger partial charge in [0.25, 0.3) is 0 Å². The van der Waals surface area contributed by atoms with E-state index in [0.29, 0.717) is 0 Å². The number of nitrogens with one attached hydrogen (secondary N) is 1. The van der Waals surface area contributed by atoms with Gasteiger partial charge in [0.2, 0.25) is 0 Å². The van der Waals surface area contributed by atoms with Crippen molar-refractivity contribution in [2.24, 2.45) is 17.8 Å². The predicted molar refractivity (Wildman–Crippen MR) is 78.8 cm³/mol. The molecule has 1 aliphatic heterocycles. The first kappa shape index (κ1) is 14.3. The van der Waals surface area contributed by atoms with Crippen LogP contribution in [0.15, 0.2) is 0 Å². The first-order chi connectivity index (χ1) is 8.60. The van der Waals surface area contributed by atoms with E-state index < -0.39 is 0 Å². The van der Waals surface area contributed by atoms with E-state index in [2.05, 4.69) is 37.9 Å². The lowest BCUT2D eigenvalue weighted by molar-refractivity contribution is 0.0936. The maximum atomic E-state index is 3.74. The summed E-state index contributed by atoms with van der Waals surface area (Å²) in [4.78, 5) is 2.81. The first-order valence-electron chi connectivity index (χ1n) is 8.07. The molecule has 3 unspecified atom stereocenters. The van der Waals surface area contributed by atoms with E-state index in [1.54, 1.807) is 0 Å². The van der Waals surface area contributed by atoms with E-state index in [1.807, 2.05) is 0 Å². The van der Waals surface area contributed by atoms with E-state index in [0.717, 1.165) is 29.8 Å². The van der Waals surface area contributed by atoms with Gasteiger partial charge in [-0.2, -0.15) is 0 Å². The third-order valence-electron chi connectivity index (χ3n) is 4.62. The predicted octanol–water partition coefficient (Wildman–Crippen LogP) is 3.13. The minimum atomic E-state index is 0.728. The Balaban J connectivity index is 1.87. The Kier molecular flexibility index (Phi) is 5.08. The van der Waals surface area contributed by atoms with Gasteiger partial charge in [-0.15, -0.1) is 0 Å². The van der Waals surface area contributed by atoms with Crippen LogP contribution >= 0.6 is 0 Å². The van der Waals surface area contributed by atoms with Gasteiger partial charge in [0, 0.05) is 31.7 Å². The largest absolute Gasteiger partial charge is 0.311 e. The van der Waals surface area contributed by atoms with Gasteiger partial charge in [-0.25, -0.2) is 0 Å². The normalized spacial score (nSPS) is 31.8. The van der Waals surface area contributed by atoms with Crippen LogP contribution in [0.5, 0.6) is 0 Å². The molecule has 2 rings (SSSR count). The van der Waals surface area contributed by atoms with Crippen molar-refractivity contribution < 1.29 is 0 Å². The summed E-state index contributed by atoms with van der Waals surface area (Å²) < 4.78 is 0. The van der Waals surface area contributed by atoms with Crippen LogP contribution in [0.1, 0.15) is 53.4 Å². The van der Waals surface area contributed by atoms with E-state index in [-0.39, 0.29) is 0 Å². The summed E-state index contributed by atoms with van der Waals surface area (Å²) in [6.45, 7) is 13.3. The van der Waals surface area contributed by atoms with E-state index >= 15 is 0 Å². The van der Waals surface area contributed by atoms with Gasteiger partial charge in [-0.3, -0.25) is 4.90 Å². The molecule has 1 saturated carbocycles. The van der Waals surface area contributed by atoms with E-state index in [1.165, 1.54) is 45.3 Å². The van der Waals surface area contributed by atoms with Crippen molar-refractivity contribution in [2.45, 2.75) is 65.5 Å². The molecule has 1 saturated heterocycles. The number of rotatable bonds is 6. The second-order valence-corrected chi connectivity index (χ2v) is 7.11. The third-order valence-corrected chi connectivity index (χ3v) is 4.62. The van der Waals surface area contributed by atoms with Gasteiger partial charge in [0.15, 0.2) is 0 Å². The van der Waals surface area contributed by atoms with Gasteiger partial charge in [0.1, 0.15) is 0 Å². The highest BCUT2D eigenvalue weighted by molar-refractivity contribution is 4.95. The van der Waals surface area contributed by atoms with Crippen LogP contribution in [0.3, 0.4) is 0 Å². The van der Waals surface area contributed by atoms with Gasteiger partial charge in [0.05, 0.1) is 0 Å². The summed E-state index contributed by atoms with van der Waals surface area (Å²) in [5, 5.41) is 3.74. The zero-order valence-electron chi connectivity index (χ0n) is 12.8. The number of nitrogens with zero attached hydrogens (tertiary/aromatic N) is 1. The van der Waals surface area contributed by atoms with Crippen molar-refractivity contribution in [2.75, 3.05) is 19.6 Å². The molecule has 0 radical (unpaired) electrons. The molecule has 2 heteroatoms. The van der Waals surface area contributed by atoms with Crippen molar-refractivity contribution in [3.63, 3.8) is 0 Å². The highest BCUT2D eigenvalue weighted by Crippen LogP contribution is 2.36. The molecule has 2 fully saturated rings. The molecule has 2 nitrogen and oxygen atoms in total. The number of hydrogen-bond donors (Lipinski definition) is 1. The Labute approximate surface area is 114 Å². The lowest BCUT2D eigenvalue weighted by Gasteiger charge is -2.42. The van der Waals surface area contributed by atoms with E-state index in [9.17, 15) is 0 Å². The minimum Gasteiger partial charge on any atom is -0.311 e. The zero-order chi connectivity index (χ0) is 13.1. The maximum Gasteiger partial charge on any atom is 0.0249 e. The summed E-state index contributed by atoms with van der Waals surface area (Å²) in [6.07, 6.45) is 5.58. The Morgan fingerprint density at radius 1 is 1.22 bits per heavy atom. The quantitative estimate of drug-likeness (QED) is 0.781. The van der Waals surface area contributed by atoms with Crippen LogP contribution in [0.4, 0.5) is 0 Å². The molecule has 1 heterocycles. The molecule has 0 amide bonds. The molecule has 2 aliphatic rings. The standard InChI is InChI=1S/C16H32N2/c1-5-15-11-18(10-13(4)8-12(2)3)16(9-17-15)14-6-7-14/h12-17H,5-11H2,1-4H3. The van der Waals surface area contributed by atoms with Gasteiger partial charge in [-0.1, -0.05) is 27.7 Å². The minimum absolute atomic E-state index is 0.728. The lowest BCUT2D eigenvalue weighted by Crippen LogP contribution is -2.57. The average Bonchev–Trinajstić information content (AvgIpc) is 3.11. The molecule has 0 aromatic rings. The van der Waals surface area contributed by atoms with Gasteiger partial charge >= 0.3 is 0 Å². The van der Waals surface area contributed by atoms with Crippen molar-refractivity contribution in [1.29, 1.82) is 0 Å². The maximum absolute atomic E-state index is 3.74. The molecular formula is C16H32N2. The molecule has 1 aliphatic carbocycles. The molecule has 1 N–H and O–H groups in total. The lowest BCUT2D eigenvalue weighted by atomic mass is 9.95. The van der Waals surface area contributed by atoms with Crippen LogP contribution < -0.4 is 5.32 Å². The fourth-order valence-corrected chi connectivity index (χ4v) is 3.61. The highest BCUT2D eigenvalue weighted by Gasteiger charge is 2.38. The van der Waals surface area contributed by atoms with Crippen molar-refractivity contribution in [3.8, 4) is 0 Å². The van der Waals surface area contributed by atoms with Crippen LogP contribution in [0.2, 0.25) is 0 Å². The first-order valence-corrected chi connectivity index (χ1v) is 8.07. The molecule has 18 heavy (non-hydrogen) atoms. The third kappa shape index (κ3) is 3.96. The van der Waals surface area contributed by atoms with Crippen LogP contribution in [-0.2, 0) is 0 Å². The molecule has 0 spiro atoms. The molecule has 0 aromatic heterocycles. The Morgan fingerprint density at radius 2 is 1.94 bits per heavy atom. The summed E-state index contributed by atoms with van der Waals surface area (Å²) in [5.41, 5.74) is 0. The Hall–Kier alpha value is -0.0800. The van der Waals surface area contributed by atoms with Crippen LogP contribution in [0.25, 0.3) is 0 Å². The summed E-state index contributed by atoms with van der Waals surface area (Å²) in [6, 6.07) is 1.56. The van der Waals surface area contributed by atoms with Gasteiger partial charge < -0.3 is 5.32 Å². The SMILES string of the molecule is CCC1CN(CC(C)CC(C)C)C(C2CC2)CN1. The highest BCUT2D eigenvalue weighted by atomic mass is 15.2. The van der Waals surface area contributed by atoms with Crippen LogP contribution in [-0.4, -0.2) is 36.6 Å². The topological polar surface area (TPSA) is 15.3 Å². The molecule has 0 bridgehead atoms. The molecule has 0 aromatic carbocycles. The Bertz CT molecular complexity index is 247. The van der Waals surface area contributed by atoms with Crippen molar-refractivity contribution in [3.05, 3.63) is 0 Å².